The maximum absolute atomic E-state index is 12.6. The summed E-state index contributed by atoms with van der Waals surface area (Å²) in [6.45, 7) is 0.702. The van der Waals surface area contributed by atoms with Gasteiger partial charge in [0.1, 0.15) is 5.76 Å². The zero-order valence-electron chi connectivity index (χ0n) is 16.6. The van der Waals surface area contributed by atoms with E-state index in [9.17, 15) is 18.0 Å². The van der Waals surface area contributed by atoms with E-state index in [1.807, 2.05) is 6.07 Å². The Kier molecular flexibility index (Phi) is 5.88. The number of furan rings is 1. The van der Waals surface area contributed by atoms with Crippen LogP contribution in [0.5, 0.6) is 0 Å². The summed E-state index contributed by atoms with van der Waals surface area (Å²) in [7, 11) is -3.74. The second-order valence-electron chi connectivity index (χ2n) is 7.08. The molecule has 160 valence electrons. The van der Waals surface area contributed by atoms with Crippen LogP contribution in [0, 0.1) is 0 Å². The molecule has 31 heavy (non-hydrogen) atoms. The number of hydrogen-bond acceptors (Lipinski definition) is 5. The van der Waals surface area contributed by atoms with Crippen molar-refractivity contribution in [1.82, 2.24) is 4.72 Å². The normalized spacial score (nSPS) is 14.1. The zero-order chi connectivity index (χ0) is 21.8. The van der Waals surface area contributed by atoms with Crippen LogP contribution in [0.1, 0.15) is 29.0 Å². The molecule has 4 rings (SSSR count). The first kappa shape index (κ1) is 20.8. The molecule has 2 aromatic carbocycles. The lowest BCUT2D eigenvalue weighted by Gasteiger charge is -2.16. The molecule has 1 fully saturated rings. The smallest absolute Gasteiger partial charge is 0.255 e. The third kappa shape index (κ3) is 4.84. The van der Waals surface area contributed by atoms with E-state index in [-0.39, 0.29) is 23.3 Å². The van der Waals surface area contributed by atoms with E-state index in [1.165, 1.54) is 30.5 Å². The van der Waals surface area contributed by atoms with E-state index in [0.29, 0.717) is 30.0 Å². The highest BCUT2D eigenvalue weighted by Gasteiger charge is 2.22. The van der Waals surface area contributed by atoms with Crippen molar-refractivity contribution >= 4 is 33.2 Å². The molecular weight excluding hydrogens is 418 g/mol. The summed E-state index contributed by atoms with van der Waals surface area (Å²) >= 11 is 0. The van der Waals surface area contributed by atoms with E-state index >= 15 is 0 Å². The number of benzene rings is 2. The van der Waals surface area contributed by atoms with Gasteiger partial charge in [-0.3, -0.25) is 9.59 Å². The maximum Gasteiger partial charge on any atom is 0.255 e. The van der Waals surface area contributed by atoms with Crippen LogP contribution in [0.3, 0.4) is 0 Å². The molecule has 2 N–H and O–H groups in total. The summed E-state index contributed by atoms with van der Waals surface area (Å²) in [6, 6.07) is 16.1. The largest absolute Gasteiger partial charge is 0.468 e. The predicted molar refractivity (Wildman–Crippen MR) is 115 cm³/mol. The fourth-order valence-corrected chi connectivity index (χ4v) is 4.32. The quantitative estimate of drug-likeness (QED) is 0.588. The van der Waals surface area contributed by atoms with Gasteiger partial charge in [-0.05, 0) is 61.0 Å². The van der Waals surface area contributed by atoms with E-state index in [2.05, 4.69) is 10.0 Å². The molecule has 0 spiro atoms. The van der Waals surface area contributed by atoms with Crippen molar-refractivity contribution < 1.29 is 22.4 Å². The number of anilines is 2. The van der Waals surface area contributed by atoms with Gasteiger partial charge in [0.25, 0.3) is 5.91 Å². The van der Waals surface area contributed by atoms with E-state index < -0.39 is 10.0 Å². The van der Waals surface area contributed by atoms with Gasteiger partial charge in [0.15, 0.2) is 0 Å². The molecule has 0 unspecified atom stereocenters. The SMILES string of the molecule is O=C(Nc1cccc(N2CCCC2=O)c1)c1ccc(S(=O)(=O)NCc2ccco2)cc1. The van der Waals surface area contributed by atoms with Crippen LogP contribution in [0.25, 0.3) is 0 Å². The van der Waals surface area contributed by atoms with Crippen molar-refractivity contribution in [2.45, 2.75) is 24.3 Å². The van der Waals surface area contributed by atoms with Crippen LogP contribution in [0.15, 0.2) is 76.2 Å². The van der Waals surface area contributed by atoms with Gasteiger partial charge in [-0.15, -0.1) is 0 Å². The minimum atomic E-state index is -3.74. The minimum Gasteiger partial charge on any atom is -0.468 e. The van der Waals surface area contributed by atoms with Gasteiger partial charge in [0.05, 0.1) is 17.7 Å². The topological polar surface area (TPSA) is 109 Å². The number of hydrogen-bond donors (Lipinski definition) is 2. The monoisotopic (exact) mass is 439 g/mol. The van der Waals surface area contributed by atoms with Crippen molar-refractivity contribution in [2.24, 2.45) is 0 Å². The Morgan fingerprint density at radius 1 is 1.06 bits per heavy atom. The van der Waals surface area contributed by atoms with E-state index in [0.717, 1.165) is 12.1 Å². The third-order valence-electron chi connectivity index (χ3n) is 4.93. The fourth-order valence-electron chi connectivity index (χ4n) is 3.32. The van der Waals surface area contributed by atoms with Crippen LogP contribution < -0.4 is 14.9 Å². The molecule has 1 saturated heterocycles. The standard InChI is InChI=1S/C22H21N3O5S/c26-21-7-2-12-25(21)18-5-1-4-17(14-18)24-22(27)16-8-10-20(11-9-16)31(28,29)23-15-19-6-3-13-30-19/h1,3-6,8-11,13-14,23H,2,7,12,15H2,(H,24,27). The van der Waals surface area contributed by atoms with Gasteiger partial charge in [0.2, 0.25) is 15.9 Å². The van der Waals surface area contributed by atoms with Crippen molar-refractivity contribution in [1.29, 1.82) is 0 Å². The molecular formula is C22H21N3O5S. The van der Waals surface area contributed by atoms with Gasteiger partial charge < -0.3 is 14.6 Å². The summed E-state index contributed by atoms with van der Waals surface area (Å²) in [5.74, 6) is 0.191. The van der Waals surface area contributed by atoms with Gasteiger partial charge in [-0.25, -0.2) is 13.1 Å². The van der Waals surface area contributed by atoms with Crippen LogP contribution >= 0.6 is 0 Å². The molecule has 0 bridgehead atoms. The fraction of sp³-hybridized carbons (Fsp3) is 0.182. The molecule has 0 aliphatic carbocycles. The molecule has 1 aromatic heterocycles. The predicted octanol–water partition coefficient (Wildman–Crippen LogP) is 3.14. The van der Waals surface area contributed by atoms with Gasteiger partial charge in [-0.2, -0.15) is 0 Å². The Morgan fingerprint density at radius 3 is 2.55 bits per heavy atom. The molecule has 9 heteroatoms. The number of amides is 2. The average Bonchev–Trinajstić information content (AvgIpc) is 3.44. The third-order valence-corrected chi connectivity index (χ3v) is 6.35. The number of nitrogens with zero attached hydrogens (tertiary/aromatic N) is 1. The molecule has 3 aromatic rings. The molecule has 0 radical (unpaired) electrons. The van der Waals surface area contributed by atoms with Crippen molar-refractivity contribution in [3.05, 3.63) is 78.3 Å². The Morgan fingerprint density at radius 2 is 1.87 bits per heavy atom. The first-order chi connectivity index (χ1) is 14.9. The first-order valence-electron chi connectivity index (χ1n) is 9.76. The lowest BCUT2D eigenvalue weighted by atomic mass is 10.2. The average molecular weight is 439 g/mol. The van der Waals surface area contributed by atoms with E-state index in [1.54, 1.807) is 35.2 Å². The molecule has 0 atom stereocenters. The molecule has 0 saturated carbocycles. The Bertz CT molecular complexity index is 1190. The van der Waals surface area contributed by atoms with Crippen LogP contribution in [0.2, 0.25) is 0 Å². The lowest BCUT2D eigenvalue weighted by molar-refractivity contribution is -0.117. The van der Waals surface area contributed by atoms with Gasteiger partial charge >= 0.3 is 0 Å². The Hall–Kier alpha value is -3.43. The van der Waals surface area contributed by atoms with Gasteiger partial charge in [0, 0.05) is 29.9 Å². The molecule has 1 aliphatic heterocycles. The van der Waals surface area contributed by atoms with Crippen LogP contribution in [-0.4, -0.2) is 26.8 Å². The highest BCUT2D eigenvalue weighted by molar-refractivity contribution is 7.89. The summed E-state index contributed by atoms with van der Waals surface area (Å²) in [5, 5.41) is 2.78. The van der Waals surface area contributed by atoms with Crippen LogP contribution in [-0.2, 0) is 21.4 Å². The van der Waals surface area contributed by atoms with Gasteiger partial charge in [-0.1, -0.05) is 6.07 Å². The maximum atomic E-state index is 12.6. The van der Waals surface area contributed by atoms with Crippen molar-refractivity contribution in [2.75, 3.05) is 16.8 Å². The molecule has 8 nitrogen and oxygen atoms in total. The second-order valence-corrected chi connectivity index (χ2v) is 8.85. The highest BCUT2D eigenvalue weighted by Crippen LogP contribution is 2.24. The molecule has 1 aliphatic rings. The first-order valence-corrected chi connectivity index (χ1v) is 11.2. The second kappa shape index (κ2) is 8.75. The summed E-state index contributed by atoms with van der Waals surface area (Å²) < 4.78 is 32.4. The number of carbonyl (C=O) groups is 2. The summed E-state index contributed by atoms with van der Waals surface area (Å²) in [5.41, 5.74) is 1.61. The molecule has 2 amide bonds. The number of carbonyl (C=O) groups excluding carboxylic acids is 2. The van der Waals surface area contributed by atoms with Crippen molar-refractivity contribution in [3.63, 3.8) is 0 Å². The summed E-state index contributed by atoms with van der Waals surface area (Å²) in [4.78, 5) is 26.3. The number of nitrogens with one attached hydrogen (secondary N) is 2. The van der Waals surface area contributed by atoms with E-state index in [4.69, 9.17) is 4.42 Å². The highest BCUT2D eigenvalue weighted by atomic mass is 32.2. The number of rotatable bonds is 7. The zero-order valence-corrected chi connectivity index (χ0v) is 17.4. The molecule has 2 heterocycles. The Labute approximate surface area is 179 Å². The van der Waals surface area contributed by atoms with Crippen LogP contribution in [0.4, 0.5) is 11.4 Å². The number of sulfonamides is 1. The summed E-state index contributed by atoms with van der Waals surface area (Å²) in [6.07, 6.45) is 2.82. The minimum absolute atomic E-state index is 0.0352. The lowest BCUT2D eigenvalue weighted by Crippen LogP contribution is -2.24. The Balaban J connectivity index is 1.42. The van der Waals surface area contributed by atoms with Crippen molar-refractivity contribution in [3.8, 4) is 0 Å².